The highest BCUT2D eigenvalue weighted by molar-refractivity contribution is 5.37. The summed E-state index contributed by atoms with van der Waals surface area (Å²) in [5, 5.41) is 0. The van der Waals surface area contributed by atoms with Crippen LogP contribution >= 0.6 is 0 Å². The van der Waals surface area contributed by atoms with E-state index in [2.05, 4.69) is 84.5 Å². The topological polar surface area (TPSA) is 3.24 Å². The lowest BCUT2D eigenvalue weighted by Crippen LogP contribution is -2.19. The quantitative estimate of drug-likeness (QED) is 0.609. The maximum atomic E-state index is 4.10. The van der Waals surface area contributed by atoms with Gasteiger partial charge in [-0.1, -0.05) is 59.8 Å². The fraction of sp³-hybridized carbons (Fsp3) is 0.529. The molecule has 1 aliphatic heterocycles. The Bertz CT molecular complexity index is 420. The minimum absolute atomic E-state index is 0.166. The van der Waals surface area contributed by atoms with Gasteiger partial charge in [-0.05, 0) is 29.4 Å². The van der Waals surface area contributed by atoms with Crippen LogP contribution < -0.4 is 0 Å². The molecule has 1 heterocycles. The van der Waals surface area contributed by atoms with Gasteiger partial charge in [-0.15, -0.1) is 0 Å². The molecule has 0 radical (unpaired) electrons. The van der Waals surface area contributed by atoms with Gasteiger partial charge in [-0.25, -0.2) is 0 Å². The van der Waals surface area contributed by atoms with Crippen molar-refractivity contribution in [3.8, 4) is 0 Å². The largest absolute Gasteiger partial charge is 0.324 e. The van der Waals surface area contributed by atoms with E-state index in [1.165, 1.54) is 11.1 Å². The molecule has 0 unspecified atom stereocenters. The zero-order valence-electron chi connectivity index (χ0n) is 13.0. The predicted octanol–water partition coefficient (Wildman–Crippen LogP) is 5.25. The van der Waals surface area contributed by atoms with Crippen LogP contribution in [0.25, 0.3) is 0 Å². The summed E-state index contributed by atoms with van der Waals surface area (Å²) >= 11 is 0. The average Bonchev–Trinajstić information content (AvgIpc) is 2.18. The average molecular weight is 245 g/mol. The summed E-state index contributed by atoms with van der Waals surface area (Å²) in [5.74, 6) is 0. The van der Waals surface area contributed by atoms with Crippen molar-refractivity contribution in [3.63, 3.8) is 0 Å². The molecule has 0 aromatic heterocycles. The summed E-state index contributed by atoms with van der Waals surface area (Å²) in [7, 11) is 0. The Hall–Kier alpha value is -1.24. The SMILES string of the molecule is C=C1C=CC(C(C)(C)C)=CN1/C=C(\C)C(C)(C)C. The van der Waals surface area contributed by atoms with Crippen LogP contribution in [0.2, 0.25) is 0 Å². The number of hydrogen-bond donors (Lipinski definition) is 0. The maximum absolute atomic E-state index is 4.10. The van der Waals surface area contributed by atoms with Crippen LogP contribution in [0, 0.1) is 10.8 Å². The van der Waals surface area contributed by atoms with E-state index in [0.717, 1.165) is 5.70 Å². The second-order valence-corrected chi connectivity index (χ2v) is 7.13. The van der Waals surface area contributed by atoms with E-state index < -0.39 is 0 Å². The zero-order valence-corrected chi connectivity index (χ0v) is 13.0. The molecule has 0 bridgehead atoms. The van der Waals surface area contributed by atoms with Crippen LogP contribution in [-0.2, 0) is 0 Å². The van der Waals surface area contributed by atoms with Gasteiger partial charge in [0.2, 0.25) is 0 Å². The van der Waals surface area contributed by atoms with E-state index in [9.17, 15) is 0 Å². The normalized spacial score (nSPS) is 18.2. The number of rotatable bonds is 1. The first kappa shape index (κ1) is 14.8. The molecule has 100 valence electrons. The van der Waals surface area contributed by atoms with Gasteiger partial charge in [0.05, 0.1) is 0 Å². The molecule has 1 heteroatoms. The van der Waals surface area contributed by atoms with Crippen molar-refractivity contribution in [2.24, 2.45) is 10.8 Å². The fourth-order valence-corrected chi connectivity index (χ4v) is 1.51. The van der Waals surface area contributed by atoms with Gasteiger partial charge in [0, 0.05) is 18.1 Å². The van der Waals surface area contributed by atoms with Crippen molar-refractivity contribution in [2.45, 2.75) is 48.5 Å². The van der Waals surface area contributed by atoms with Crippen molar-refractivity contribution in [1.29, 1.82) is 0 Å². The molecule has 1 rings (SSSR count). The van der Waals surface area contributed by atoms with Gasteiger partial charge in [-0.3, -0.25) is 0 Å². The van der Waals surface area contributed by atoms with Gasteiger partial charge < -0.3 is 4.90 Å². The molecular weight excluding hydrogens is 218 g/mol. The molecule has 0 saturated heterocycles. The molecule has 0 aromatic rings. The fourth-order valence-electron chi connectivity index (χ4n) is 1.51. The van der Waals surface area contributed by atoms with Gasteiger partial charge in [0.1, 0.15) is 0 Å². The van der Waals surface area contributed by atoms with Crippen LogP contribution in [0.5, 0.6) is 0 Å². The Morgan fingerprint density at radius 1 is 1.11 bits per heavy atom. The Morgan fingerprint density at radius 3 is 2.11 bits per heavy atom. The van der Waals surface area contributed by atoms with Gasteiger partial charge in [-0.2, -0.15) is 0 Å². The zero-order chi connectivity index (χ0) is 14.1. The van der Waals surface area contributed by atoms with Crippen molar-refractivity contribution >= 4 is 0 Å². The molecular formula is C17H27N. The maximum Gasteiger partial charge on any atom is 0.0377 e. The standard InChI is InChI=1S/C17H27N/c1-13(16(3,4)5)11-18-12-15(17(6,7)8)10-9-14(18)2/h9-12H,2H2,1,3-8H3/b13-11+. The second-order valence-electron chi connectivity index (χ2n) is 7.13. The predicted molar refractivity (Wildman–Crippen MR) is 80.9 cm³/mol. The molecule has 1 nitrogen and oxygen atoms in total. The first-order valence-corrected chi connectivity index (χ1v) is 6.58. The lowest BCUT2D eigenvalue weighted by Gasteiger charge is -2.30. The van der Waals surface area contributed by atoms with Gasteiger partial charge in [0.15, 0.2) is 0 Å². The highest BCUT2D eigenvalue weighted by Crippen LogP contribution is 2.32. The smallest absolute Gasteiger partial charge is 0.0377 e. The summed E-state index contributed by atoms with van der Waals surface area (Å²) in [6.45, 7) is 19.7. The van der Waals surface area contributed by atoms with Crippen molar-refractivity contribution in [1.82, 2.24) is 4.90 Å². The minimum atomic E-state index is 0.166. The number of allylic oxidation sites excluding steroid dienone is 4. The van der Waals surface area contributed by atoms with E-state index in [-0.39, 0.29) is 10.8 Å². The summed E-state index contributed by atoms with van der Waals surface area (Å²) in [6, 6.07) is 0. The van der Waals surface area contributed by atoms with Crippen LogP contribution in [0.15, 0.2) is 48.0 Å². The van der Waals surface area contributed by atoms with Crippen molar-refractivity contribution < 1.29 is 0 Å². The molecule has 0 atom stereocenters. The van der Waals surface area contributed by atoms with Crippen LogP contribution in [0.1, 0.15) is 48.5 Å². The molecule has 18 heavy (non-hydrogen) atoms. The molecule has 0 N–H and O–H groups in total. The van der Waals surface area contributed by atoms with E-state index >= 15 is 0 Å². The van der Waals surface area contributed by atoms with E-state index in [4.69, 9.17) is 0 Å². The molecule has 0 aromatic carbocycles. The van der Waals surface area contributed by atoms with E-state index in [0.29, 0.717) is 0 Å². The lowest BCUT2D eigenvalue weighted by atomic mass is 9.85. The molecule has 0 saturated carbocycles. The summed E-state index contributed by atoms with van der Waals surface area (Å²) < 4.78 is 0. The first-order valence-electron chi connectivity index (χ1n) is 6.58. The highest BCUT2D eigenvalue weighted by atomic mass is 15.1. The third-order valence-corrected chi connectivity index (χ3v) is 3.45. The summed E-state index contributed by atoms with van der Waals surface area (Å²) in [4.78, 5) is 2.14. The second kappa shape index (κ2) is 4.79. The highest BCUT2D eigenvalue weighted by Gasteiger charge is 2.20. The van der Waals surface area contributed by atoms with Gasteiger partial charge in [0.25, 0.3) is 0 Å². The third-order valence-electron chi connectivity index (χ3n) is 3.45. The lowest BCUT2D eigenvalue weighted by molar-refractivity contribution is 0.473. The Kier molecular flexibility index (Phi) is 3.95. The molecule has 0 fully saturated rings. The van der Waals surface area contributed by atoms with Crippen LogP contribution in [-0.4, -0.2) is 4.90 Å². The van der Waals surface area contributed by atoms with Crippen LogP contribution in [0.3, 0.4) is 0 Å². The number of hydrogen-bond acceptors (Lipinski definition) is 1. The Balaban J connectivity index is 3.07. The molecule has 0 aliphatic carbocycles. The molecule has 1 aliphatic rings. The van der Waals surface area contributed by atoms with Crippen molar-refractivity contribution in [2.75, 3.05) is 0 Å². The summed E-state index contributed by atoms with van der Waals surface area (Å²) in [5.41, 5.74) is 4.05. The third kappa shape index (κ3) is 3.63. The number of nitrogens with zero attached hydrogens (tertiary/aromatic N) is 1. The van der Waals surface area contributed by atoms with Crippen LogP contribution in [0.4, 0.5) is 0 Å². The molecule has 0 amide bonds. The van der Waals surface area contributed by atoms with E-state index in [1.54, 1.807) is 0 Å². The Morgan fingerprint density at radius 2 is 1.67 bits per heavy atom. The monoisotopic (exact) mass is 245 g/mol. The first-order chi connectivity index (χ1) is 8.01. The minimum Gasteiger partial charge on any atom is -0.324 e. The van der Waals surface area contributed by atoms with Crippen molar-refractivity contribution in [3.05, 3.63) is 48.0 Å². The summed E-state index contributed by atoms with van der Waals surface area (Å²) in [6.07, 6.45) is 8.64. The molecule has 0 spiro atoms. The Labute approximate surface area is 113 Å². The van der Waals surface area contributed by atoms with E-state index in [1.807, 2.05) is 0 Å². The van der Waals surface area contributed by atoms with Gasteiger partial charge >= 0.3 is 0 Å².